The van der Waals surface area contributed by atoms with Crippen molar-refractivity contribution in [3.8, 4) is 0 Å². The van der Waals surface area contributed by atoms with Crippen LogP contribution < -0.4 is 5.73 Å². The normalized spacial score (nSPS) is 12.7. The first-order valence-electron chi connectivity index (χ1n) is 6.47. The summed E-state index contributed by atoms with van der Waals surface area (Å²) in [5.74, 6) is 0. The molecule has 0 fully saturated rings. The van der Waals surface area contributed by atoms with Crippen molar-refractivity contribution in [2.75, 3.05) is 12.8 Å². The second-order valence-electron chi connectivity index (χ2n) is 4.96. The molecule has 0 aliphatic rings. The lowest BCUT2D eigenvalue weighted by Crippen LogP contribution is -2.22. The van der Waals surface area contributed by atoms with Crippen LogP contribution in [0.1, 0.15) is 24.1 Å². The molecule has 0 spiro atoms. The quantitative estimate of drug-likeness (QED) is 0.824. The summed E-state index contributed by atoms with van der Waals surface area (Å²) in [5.41, 5.74) is 8.74. The molecule has 2 nitrogen and oxygen atoms in total. The Balaban J connectivity index is 2.17. The van der Waals surface area contributed by atoms with Crippen molar-refractivity contribution in [2.45, 2.75) is 19.5 Å². The molecular formula is C16H18Cl2N2. The topological polar surface area (TPSA) is 29.3 Å². The Morgan fingerprint density at radius 3 is 2.30 bits per heavy atom. The Kier molecular flexibility index (Phi) is 4.92. The van der Waals surface area contributed by atoms with E-state index in [1.54, 1.807) is 0 Å². The van der Waals surface area contributed by atoms with E-state index in [9.17, 15) is 0 Å². The zero-order valence-electron chi connectivity index (χ0n) is 11.6. The minimum absolute atomic E-state index is 0.228. The number of nitrogens with two attached hydrogens (primary N) is 1. The molecule has 2 aromatic rings. The maximum absolute atomic E-state index is 6.22. The van der Waals surface area contributed by atoms with Crippen LogP contribution in [0.2, 0.25) is 10.0 Å². The molecule has 0 saturated carbocycles. The Labute approximate surface area is 130 Å². The van der Waals surface area contributed by atoms with Gasteiger partial charge in [0.15, 0.2) is 0 Å². The Morgan fingerprint density at radius 1 is 1.10 bits per heavy atom. The predicted molar refractivity (Wildman–Crippen MR) is 87.2 cm³/mol. The number of halogens is 2. The van der Waals surface area contributed by atoms with Crippen molar-refractivity contribution < 1.29 is 0 Å². The van der Waals surface area contributed by atoms with Gasteiger partial charge in [-0.3, -0.25) is 4.90 Å². The number of nitrogen functional groups attached to an aromatic ring is 1. The molecule has 2 N–H and O–H groups in total. The lowest BCUT2D eigenvalue weighted by Gasteiger charge is -2.26. The number of anilines is 1. The van der Waals surface area contributed by atoms with Crippen molar-refractivity contribution in [3.05, 3.63) is 63.6 Å². The fraction of sp³-hybridized carbons (Fsp3) is 0.250. The molecule has 1 atom stereocenters. The minimum Gasteiger partial charge on any atom is -0.399 e. The van der Waals surface area contributed by atoms with Gasteiger partial charge >= 0.3 is 0 Å². The predicted octanol–water partition coefficient (Wildman–Crippen LogP) is 4.77. The van der Waals surface area contributed by atoms with E-state index < -0.39 is 0 Å². The molecule has 0 bridgehead atoms. The molecule has 1 unspecified atom stereocenters. The number of hydrogen-bond acceptors (Lipinski definition) is 2. The summed E-state index contributed by atoms with van der Waals surface area (Å²) < 4.78 is 0. The molecule has 0 aliphatic carbocycles. The van der Waals surface area contributed by atoms with Crippen LogP contribution in [0.5, 0.6) is 0 Å². The zero-order valence-corrected chi connectivity index (χ0v) is 13.1. The van der Waals surface area contributed by atoms with Gasteiger partial charge < -0.3 is 5.73 Å². The lowest BCUT2D eigenvalue weighted by molar-refractivity contribution is 0.253. The van der Waals surface area contributed by atoms with Gasteiger partial charge in [0.1, 0.15) is 0 Å². The highest BCUT2D eigenvalue weighted by molar-refractivity contribution is 6.35. The van der Waals surface area contributed by atoms with Gasteiger partial charge in [-0.05, 0) is 43.8 Å². The molecule has 2 rings (SSSR count). The lowest BCUT2D eigenvalue weighted by atomic mass is 10.1. The molecular weight excluding hydrogens is 291 g/mol. The third-order valence-electron chi connectivity index (χ3n) is 3.52. The standard InChI is InChI=1S/C16H18Cl2N2/c1-11(12-5-3-6-13(19)9-12)20(2)10-14-15(17)7-4-8-16(14)18/h3-9,11H,10,19H2,1-2H3. The van der Waals surface area contributed by atoms with Crippen LogP contribution in [0.15, 0.2) is 42.5 Å². The van der Waals surface area contributed by atoms with Crippen LogP contribution in [0.3, 0.4) is 0 Å². The fourth-order valence-corrected chi connectivity index (χ4v) is 2.66. The van der Waals surface area contributed by atoms with E-state index in [0.717, 1.165) is 11.3 Å². The maximum atomic E-state index is 6.22. The summed E-state index contributed by atoms with van der Waals surface area (Å²) in [6.45, 7) is 2.83. The monoisotopic (exact) mass is 308 g/mol. The molecule has 0 amide bonds. The summed E-state index contributed by atoms with van der Waals surface area (Å²) in [5, 5.41) is 1.40. The summed E-state index contributed by atoms with van der Waals surface area (Å²) in [4.78, 5) is 2.20. The van der Waals surface area contributed by atoms with Crippen LogP contribution in [0.25, 0.3) is 0 Å². The van der Waals surface area contributed by atoms with Crippen molar-refractivity contribution in [1.29, 1.82) is 0 Å². The molecule has 0 aromatic heterocycles. The van der Waals surface area contributed by atoms with Crippen LogP contribution in [0.4, 0.5) is 5.69 Å². The third kappa shape index (κ3) is 3.45. The van der Waals surface area contributed by atoms with E-state index >= 15 is 0 Å². The summed E-state index contributed by atoms with van der Waals surface area (Å²) in [6, 6.07) is 13.7. The fourth-order valence-electron chi connectivity index (χ4n) is 2.14. The highest BCUT2D eigenvalue weighted by atomic mass is 35.5. The van der Waals surface area contributed by atoms with Crippen LogP contribution >= 0.6 is 23.2 Å². The number of hydrogen-bond donors (Lipinski definition) is 1. The molecule has 4 heteroatoms. The first kappa shape index (κ1) is 15.2. The van der Waals surface area contributed by atoms with Crippen LogP contribution in [0, 0.1) is 0 Å². The van der Waals surface area contributed by atoms with Gasteiger partial charge in [-0.25, -0.2) is 0 Å². The smallest absolute Gasteiger partial charge is 0.0465 e. The van der Waals surface area contributed by atoms with E-state index in [1.807, 2.05) is 43.4 Å². The number of benzene rings is 2. The third-order valence-corrected chi connectivity index (χ3v) is 4.23. The van der Waals surface area contributed by atoms with Gasteiger partial charge in [-0.1, -0.05) is 41.4 Å². The molecule has 0 aliphatic heterocycles. The molecule has 0 heterocycles. The first-order chi connectivity index (χ1) is 9.49. The molecule has 0 radical (unpaired) electrons. The number of rotatable bonds is 4. The SMILES string of the molecule is CC(c1cccc(N)c1)N(C)Cc1c(Cl)cccc1Cl. The van der Waals surface area contributed by atoms with Crippen molar-refractivity contribution >= 4 is 28.9 Å². The van der Waals surface area contributed by atoms with E-state index in [0.29, 0.717) is 16.6 Å². The minimum atomic E-state index is 0.228. The van der Waals surface area contributed by atoms with Crippen molar-refractivity contribution in [2.24, 2.45) is 0 Å². The van der Waals surface area contributed by atoms with Crippen LogP contribution in [-0.2, 0) is 6.54 Å². The van der Waals surface area contributed by atoms with E-state index in [2.05, 4.69) is 17.9 Å². The maximum Gasteiger partial charge on any atom is 0.0465 e. The molecule has 20 heavy (non-hydrogen) atoms. The Hall–Kier alpha value is -1.22. The Morgan fingerprint density at radius 2 is 1.70 bits per heavy atom. The first-order valence-corrected chi connectivity index (χ1v) is 7.23. The van der Waals surface area contributed by atoms with E-state index in [-0.39, 0.29) is 6.04 Å². The highest BCUT2D eigenvalue weighted by Crippen LogP contribution is 2.28. The van der Waals surface area contributed by atoms with Gasteiger partial charge in [-0.2, -0.15) is 0 Å². The molecule has 106 valence electrons. The molecule has 2 aromatic carbocycles. The van der Waals surface area contributed by atoms with Crippen molar-refractivity contribution in [1.82, 2.24) is 4.90 Å². The summed E-state index contributed by atoms with van der Waals surface area (Å²) >= 11 is 12.4. The summed E-state index contributed by atoms with van der Waals surface area (Å²) in [6.07, 6.45) is 0. The van der Waals surface area contributed by atoms with Gasteiger partial charge in [0.2, 0.25) is 0 Å². The van der Waals surface area contributed by atoms with Gasteiger partial charge in [0, 0.05) is 33.9 Å². The molecule has 0 saturated heterocycles. The van der Waals surface area contributed by atoms with Crippen LogP contribution in [-0.4, -0.2) is 11.9 Å². The van der Waals surface area contributed by atoms with E-state index in [1.165, 1.54) is 5.56 Å². The van der Waals surface area contributed by atoms with E-state index in [4.69, 9.17) is 28.9 Å². The second-order valence-corrected chi connectivity index (χ2v) is 5.78. The second kappa shape index (κ2) is 6.49. The zero-order chi connectivity index (χ0) is 14.7. The Bertz CT molecular complexity index is 579. The largest absolute Gasteiger partial charge is 0.399 e. The number of nitrogens with zero attached hydrogens (tertiary/aromatic N) is 1. The summed E-state index contributed by atoms with van der Waals surface area (Å²) in [7, 11) is 2.05. The van der Waals surface area contributed by atoms with Crippen molar-refractivity contribution in [3.63, 3.8) is 0 Å². The van der Waals surface area contributed by atoms with Gasteiger partial charge in [0.25, 0.3) is 0 Å². The highest BCUT2D eigenvalue weighted by Gasteiger charge is 2.15. The average molecular weight is 309 g/mol. The van der Waals surface area contributed by atoms with Gasteiger partial charge in [-0.15, -0.1) is 0 Å². The average Bonchev–Trinajstić information content (AvgIpc) is 2.42. The van der Waals surface area contributed by atoms with Gasteiger partial charge in [0.05, 0.1) is 0 Å².